The maximum atomic E-state index is 13.0. The highest BCUT2D eigenvalue weighted by atomic mass is 32.1. The van der Waals surface area contributed by atoms with Crippen LogP contribution < -0.4 is 14.8 Å². The Kier molecular flexibility index (Phi) is 4.52. The molecular weight excluding hydrogens is 362 g/mol. The zero-order chi connectivity index (χ0) is 18.8. The summed E-state index contributed by atoms with van der Waals surface area (Å²) in [6, 6.07) is 14.8. The van der Waals surface area contributed by atoms with Gasteiger partial charge in [0.15, 0.2) is 0 Å². The third kappa shape index (κ3) is 3.13. The molecule has 136 valence electrons. The molecule has 0 aliphatic carbocycles. The number of amides is 1. The van der Waals surface area contributed by atoms with E-state index in [1.807, 2.05) is 46.3 Å². The number of thiophene rings is 1. The summed E-state index contributed by atoms with van der Waals surface area (Å²) in [5, 5.41) is 4.98. The topological polar surface area (TPSA) is 64.9 Å². The van der Waals surface area contributed by atoms with Gasteiger partial charge in [-0.3, -0.25) is 9.20 Å². The molecular formula is C20H17N3O3S. The standard InChI is InChI=1S/C20H17N3O3S/c1-25-13-8-9-14(15(12-13)26-2)20(24)22-19-18(16-6-5-11-27-16)21-17-7-3-4-10-23(17)19/h3-12H,1-2H3,(H,22,24). The van der Waals surface area contributed by atoms with Crippen LogP contribution in [-0.4, -0.2) is 29.5 Å². The van der Waals surface area contributed by atoms with Gasteiger partial charge in [0, 0.05) is 12.3 Å². The molecule has 0 unspecified atom stereocenters. The molecule has 0 atom stereocenters. The molecule has 3 heterocycles. The zero-order valence-electron chi connectivity index (χ0n) is 14.8. The summed E-state index contributed by atoms with van der Waals surface area (Å²) in [7, 11) is 3.09. The summed E-state index contributed by atoms with van der Waals surface area (Å²) < 4.78 is 12.4. The number of hydrogen-bond donors (Lipinski definition) is 1. The van der Waals surface area contributed by atoms with Crippen molar-refractivity contribution < 1.29 is 14.3 Å². The van der Waals surface area contributed by atoms with Crippen molar-refractivity contribution in [3.63, 3.8) is 0 Å². The molecule has 0 spiro atoms. The first-order valence-corrected chi connectivity index (χ1v) is 9.13. The van der Waals surface area contributed by atoms with Gasteiger partial charge in [-0.25, -0.2) is 4.98 Å². The van der Waals surface area contributed by atoms with E-state index in [-0.39, 0.29) is 5.91 Å². The second kappa shape index (κ2) is 7.13. The SMILES string of the molecule is COc1ccc(C(=O)Nc2c(-c3cccs3)nc3ccccn23)c(OC)c1. The number of pyridine rings is 1. The molecule has 1 amide bonds. The first-order valence-electron chi connectivity index (χ1n) is 8.25. The summed E-state index contributed by atoms with van der Waals surface area (Å²) in [5.41, 5.74) is 1.91. The van der Waals surface area contributed by atoms with E-state index in [2.05, 4.69) is 10.3 Å². The summed E-state index contributed by atoms with van der Waals surface area (Å²) in [5.74, 6) is 1.41. The van der Waals surface area contributed by atoms with Crippen molar-refractivity contribution in [3.05, 3.63) is 65.7 Å². The van der Waals surface area contributed by atoms with E-state index in [4.69, 9.17) is 9.47 Å². The molecule has 1 aromatic carbocycles. The number of methoxy groups -OCH3 is 2. The quantitative estimate of drug-likeness (QED) is 0.560. The molecule has 27 heavy (non-hydrogen) atoms. The van der Waals surface area contributed by atoms with Crippen molar-refractivity contribution in [2.75, 3.05) is 19.5 Å². The Balaban J connectivity index is 1.77. The normalized spacial score (nSPS) is 10.7. The van der Waals surface area contributed by atoms with Gasteiger partial charge in [-0.05, 0) is 35.7 Å². The zero-order valence-corrected chi connectivity index (χ0v) is 15.6. The van der Waals surface area contributed by atoms with Gasteiger partial charge in [0.1, 0.15) is 28.7 Å². The average molecular weight is 379 g/mol. The molecule has 7 heteroatoms. The van der Waals surface area contributed by atoms with Crippen LogP contribution in [0.15, 0.2) is 60.1 Å². The summed E-state index contributed by atoms with van der Waals surface area (Å²) in [4.78, 5) is 18.6. The predicted molar refractivity (Wildman–Crippen MR) is 106 cm³/mol. The van der Waals surface area contributed by atoms with Gasteiger partial charge in [-0.15, -0.1) is 11.3 Å². The fourth-order valence-corrected chi connectivity index (χ4v) is 3.58. The second-order valence-corrected chi connectivity index (χ2v) is 6.68. The lowest BCUT2D eigenvalue weighted by Gasteiger charge is -2.11. The Morgan fingerprint density at radius 3 is 2.74 bits per heavy atom. The number of benzene rings is 1. The molecule has 0 fully saturated rings. The van der Waals surface area contributed by atoms with Gasteiger partial charge < -0.3 is 14.8 Å². The fourth-order valence-electron chi connectivity index (χ4n) is 2.86. The van der Waals surface area contributed by atoms with E-state index >= 15 is 0 Å². The lowest BCUT2D eigenvalue weighted by atomic mass is 10.1. The van der Waals surface area contributed by atoms with E-state index in [1.165, 1.54) is 7.11 Å². The van der Waals surface area contributed by atoms with Gasteiger partial charge in [0.05, 0.1) is 24.7 Å². The highest BCUT2D eigenvalue weighted by molar-refractivity contribution is 7.13. The van der Waals surface area contributed by atoms with E-state index in [9.17, 15) is 4.79 Å². The molecule has 4 aromatic rings. The van der Waals surface area contributed by atoms with Crippen molar-refractivity contribution in [2.45, 2.75) is 0 Å². The molecule has 0 bridgehead atoms. The minimum atomic E-state index is -0.280. The molecule has 1 N–H and O–H groups in total. The summed E-state index contributed by atoms with van der Waals surface area (Å²) in [6.45, 7) is 0. The predicted octanol–water partition coefficient (Wildman–Crippen LogP) is 4.33. The van der Waals surface area contributed by atoms with Crippen LogP contribution in [0.2, 0.25) is 0 Å². The highest BCUT2D eigenvalue weighted by Gasteiger charge is 2.20. The molecule has 0 saturated heterocycles. The minimum absolute atomic E-state index is 0.280. The Labute approximate surface area is 160 Å². The monoisotopic (exact) mass is 379 g/mol. The number of anilines is 1. The molecule has 0 aliphatic heterocycles. The molecule has 0 aliphatic rings. The van der Waals surface area contributed by atoms with Gasteiger partial charge in [-0.2, -0.15) is 0 Å². The third-order valence-electron chi connectivity index (χ3n) is 4.17. The maximum absolute atomic E-state index is 13.0. The summed E-state index contributed by atoms with van der Waals surface area (Å²) in [6.07, 6.45) is 1.88. The van der Waals surface area contributed by atoms with Gasteiger partial charge >= 0.3 is 0 Å². The van der Waals surface area contributed by atoms with Crippen molar-refractivity contribution in [3.8, 4) is 22.1 Å². The van der Waals surface area contributed by atoms with Crippen molar-refractivity contribution in [1.82, 2.24) is 9.38 Å². The Hall–Kier alpha value is -3.32. The fraction of sp³-hybridized carbons (Fsp3) is 0.100. The van der Waals surface area contributed by atoms with Crippen molar-refractivity contribution >= 4 is 28.7 Å². The van der Waals surface area contributed by atoms with Crippen molar-refractivity contribution in [2.24, 2.45) is 0 Å². The van der Waals surface area contributed by atoms with Crippen LogP contribution >= 0.6 is 11.3 Å². The molecule has 4 rings (SSSR count). The Morgan fingerprint density at radius 1 is 1.11 bits per heavy atom. The van der Waals surface area contributed by atoms with Crippen LogP contribution in [0.3, 0.4) is 0 Å². The Bertz CT molecular complexity index is 1100. The van der Waals surface area contributed by atoms with E-state index in [0.717, 1.165) is 16.2 Å². The number of fused-ring (bicyclic) bond motifs is 1. The van der Waals surface area contributed by atoms with Crippen LogP contribution in [0.5, 0.6) is 11.5 Å². The van der Waals surface area contributed by atoms with E-state index in [1.54, 1.807) is 36.6 Å². The van der Waals surface area contributed by atoms with Crippen molar-refractivity contribution in [1.29, 1.82) is 0 Å². The van der Waals surface area contributed by atoms with Crippen LogP contribution in [-0.2, 0) is 0 Å². The van der Waals surface area contributed by atoms with E-state index in [0.29, 0.717) is 22.9 Å². The largest absolute Gasteiger partial charge is 0.497 e. The third-order valence-corrected chi connectivity index (χ3v) is 5.05. The molecule has 3 aromatic heterocycles. The smallest absolute Gasteiger partial charge is 0.260 e. The number of hydrogen-bond acceptors (Lipinski definition) is 5. The lowest BCUT2D eigenvalue weighted by Crippen LogP contribution is -2.15. The van der Waals surface area contributed by atoms with Crippen LogP contribution in [0, 0.1) is 0 Å². The van der Waals surface area contributed by atoms with Crippen LogP contribution in [0.1, 0.15) is 10.4 Å². The molecule has 0 radical (unpaired) electrons. The maximum Gasteiger partial charge on any atom is 0.260 e. The van der Waals surface area contributed by atoms with Gasteiger partial charge in [-0.1, -0.05) is 12.1 Å². The van der Waals surface area contributed by atoms with Gasteiger partial charge in [0.25, 0.3) is 5.91 Å². The van der Waals surface area contributed by atoms with Crippen LogP contribution in [0.4, 0.5) is 5.82 Å². The van der Waals surface area contributed by atoms with E-state index < -0.39 is 0 Å². The van der Waals surface area contributed by atoms with Crippen LogP contribution in [0.25, 0.3) is 16.2 Å². The number of rotatable bonds is 5. The first kappa shape index (κ1) is 17.1. The number of nitrogens with one attached hydrogen (secondary N) is 1. The number of carbonyl (C=O) groups excluding carboxylic acids is 1. The lowest BCUT2D eigenvalue weighted by molar-refractivity contribution is 0.102. The number of ether oxygens (including phenoxy) is 2. The number of imidazole rings is 1. The Morgan fingerprint density at radius 2 is 2.00 bits per heavy atom. The average Bonchev–Trinajstić information content (AvgIpc) is 3.35. The molecule has 6 nitrogen and oxygen atoms in total. The molecule has 0 saturated carbocycles. The minimum Gasteiger partial charge on any atom is -0.497 e. The first-order chi connectivity index (χ1) is 13.2. The number of carbonyl (C=O) groups is 1. The number of nitrogens with zero attached hydrogens (tertiary/aromatic N) is 2. The number of aromatic nitrogens is 2. The summed E-state index contributed by atoms with van der Waals surface area (Å²) >= 11 is 1.57. The highest BCUT2D eigenvalue weighted by Crippen LogP contribution is 2.33. The second-order valence-electron chi connectivity index (χ2n) is 5.74. The van der Waals surface area contributed by atoms with Gasteiger partial charge in [0.2, 0.25) is 0 Å².